The zero-order chi connectivity index (χ0) is 7.97. The van der Waals surface area contributed by atoms with E-state index in [0.29, 0.717) is 0 Å². The molecule has 0 bridgehead atoms. The molecule has 0 aromatic heterocycles. The van der Waals surface area contributed by atoms with E-state index < -0.39 is 0 Å². The predicted molar refractivity (Wildman–Crippen MR) is 56.7 cm³/mol. The molecule has 0 aromatic rings. The smallest absolute Gasteiger partial charge is 0.0224 e. The normalized spacial score (nSPS) is 25.3. The highest BCUT2D eigenvalue weighted by Crippen LogP contribution is 2.52. The number of rotatable bonds is 0. The lowest BCUT2D eigenvalue weighted by Gasteiger charge is -2.15. The Bertz CT molecular complexity index is 356. The summed E-state index contributed by atoms with van der Waals surface area (Å²) in [6, 6.07) is 0. The fraction of sp³-hybridized carbons (Fsp3) is 0.200. The summed E-state index contributed by atoms with van der Waals surface area (Å²) in [5.41, 5.74) is 3.07. The van der Waals surface area contributed by atoms with E-state index in [-0.39, 0.29) is 0 Å². The second kappa shape index (κ2) is 2.57. The molecule has 0 atom stereocenters. The Hall–Kier alpha value is -0.340. The van der Waals surface area contributed by atoms with Crippen LogP contribution >= 0.6 is 21.6 Å². The number of hydrogen-bond acceptors (Lipinski definition) is 2. The Morgan fingerprint density at radius 3 is 2.92 bits per heavy atom. The summed E-state index contributed by atoms with van der Waals surface area (Å²) >= 11 is 0. The van der Waals surface area contributed by atoms with E-state index in [1.165, 1.54) is 10.5 Å². The highest BCUT2D eigenvalue weighted by molar-refractivity contribution is 8.79. The van der Waals surface area contributed by atoms with E-state index in [9.17, 15) is 0 Å². The van der Waals surface area contributed by atoms with Crippen molar-refractivity contribution in [1.29, 1.82) is 0 Å². The molecule has 12 heavy (non-hydrogen) atoms. The van der Waals surface area contributed by atoms with Gasteiger partial charge in [-0.3, -0.25) is 0 Å². The van der Waals surface area contributed by atoms with Crippen molar-refractivity contribution in [2.75, 3.05) is 0 Å². The van der Waals surface area contributed by atoms with Crippen LogP contribution in [-0.2, 0) is 0 Å². The van der Waals surface area contributed by atoms with E-state index in [1.54, 1.807) is 10.5 Å². The third-order valence-electron chi connectivity index (χ3n) is 2.33. The molecule has 0 radical (unpaired) electrons. The summed E-state index contributed by atoms with van der Waals surface area (Å²) in [5, 5.41) is 0. The SMILES string of the molecule is C1=CC2=C(C1)SSC1=C2CC=C1. The van der Waals surface area contributed by atoms with Gasteiger partial charge >= 0.3 is 0 Å². The first-order valence-corrected chi connectivity index (χ1v) is 6.24. The monoisotopic (exact) mass is 192 g/mol. The van der Waals surface area contributed by atoms with Crippen LogP contribution in [0.15, 0.2) is 45.3 Å². The molecular formula is C10H8S2. The first-order valence-electron chi connectivity index (χ1n) is 4.09. The van der Waals surface area contributed by atoms with Crippen LogP contribution in [0.5, 0.6) is 0 Å². The second-order valence-corrected chi connectivity index (χ2v) is 5.33. The average Bonchev–Trinajstić information content (AvgIpc) is 2.71. The molecule has 3 aliphatic rings. The van der Waals surface area contributed by atoms with Gasteiger partial charge in [0, 0.05) is 9.81 Å². The van der Waals surface area contributed by atoms with E-state index >= 15 is 0 Å². The molecule has 0 spiro atoms. The molecule has 0 saturated carbocycles. The average molecular weight is 192 g/mol. The zero-order valence-electron chi connectivity index (χ0n) is 6.54. The minimum atomic E-state index is 1.14. The van der Waals surface area contributed by atoms with Crippen LogP contribution in [0.1, 0.15) is 12.8 Å². The molecule has 3 rings (SSSR count). The van der Waals surface area contributed by atoms with Crippen molar-refractivity contribution in [1.82, 2.24) is 0 Å². The van der Waals surface area contributed by atoms with Gasteiger partial charge in [0.2, 0.25) is 0 Å². The van der Waals surface area contributed by atoms with E-state index in [4.69, 9.17) is 0 Å². The minimum absolute atomic E-state index is 1.14. The highest BCUT2D eigenvalue weighted by Gasteiger charge is 2.23. The Morgan fingerprint density at radius 2 is 1.92 bits per heavy atom. The van der Waals surface area contributed by atoms with Gasteiger partial charge in [-0.25, -0.2) is 0 Å². The van der Waals surface area contributed by atoms with Crippen molar-refractivity contribution >= 4 is 21.6 Å². The van der Waals surface area contributed by atoms with Crippen LogP contribution in [0, 0.1) is 0 Å². The van der Waals surface area contributed by atoms with Gasteiger partial charge < -0.3 is 0 Å². The standard InChI is InChI=1S/C10H8S2/c1-3-7-8-4-2-6-10(8)12-11-9(7)5-1/h1-3,6H,4-5H2. The molecule has 1 aliphatic heterocycles. The van der Waals surface area contributed by atoms with Gasteiger partial charge in [-0.1, -0.05) is 45.9 Å². The molecule has 60 valence electrons. The Morgan fingerprint density at radius 1 is 1.00 bits per heavy atom. The van der Waals surface area contributed by atoms with Crippen molar-refractivity contribution in [2.45, 2.75) is 12.8 Å². The lowest BCUT2D eigenvalue weighted by atomic mass is 10.1. The molecule has 2 aliphatic carbocycles. The van der Waals surface area contributed by atoms with Crippen LogP contribution in [0.3, 0.4) is 0 Å². The molecule has 0 nitrogen and oxygen atoms in total. The summed E-state index contributed by atoms with van der Waals surface area (Å²) in [5.74, 6) is 0. The van der Waals surface area contributed by atoms with Crippen LogP contribution in [0.4, 0.5) is 0 Å². The number of fused-ring (bicyclic) bond motifs is 1. The first kappa shape index (κ1) is 7.10. The maximum absolute atomic E-state index is 2.28. The van der Waals surface area contributed by atoms with Crippen LogP contribution in [0.25, 0.3) is 0 Å². The largest absolute Gasteiger partial charge is 0.0789 e. The summed E-state index contributed by atoms with van der Waals surface area (Å²) in [6.07, 6.45) is 11.4. The molecule has 0 unspecified atom stereocenters. The lowest BCUT2D eigenvalue weighted by Crippen LogP contribution is -1.90. The fourth-order valence-corrected chi connectivity index (χ4v) is 4.33. The van der Waals surface area contributed by atoms with Gasteiger partial charge in [0.1, 0.15) is 0 Å². The summed E-state index contributed by atoms with van der Waals surface area (Å²) in [4.78, 5) is 3.03. The topological polar surface area (TPSA) is 0 Å². The van der Waals surface area contributed by atoms with Gasteiger partial charge in [-0.05, 0) is 24.0 Å². The zero-order valence-corrected chi connectivity index (χ0v) is 8.17. The maximum atomic E-state index is 2.28. The van der Waals surface area contributed by atoms with Crippen molar-refractivity contribution in [2.24, 2.45) is 0 Å². The molecule has 2 heteroatoms. The van der Waals surface area contributed by atoms with E-state index in [1.807, 2.05) is 21.6 Å². The van der Waals surface area contributed by atoms with Crippen LogP contribution in [-0.4, -0.2) is 0 Å². The number of hydrogen-bond donors (Lipinski definition) is 0. The maximum Gasteiger partial charge on any atom is 0.0224 e. The third kappa shape index (κ3) is 0.882. The minimum Gasteiger partial charge on any atom is -0.0789 e. The van der Waals surface area contributed by atoms with Crippen molar-refractivity contribution in [3.63, 3.8) is 0 Å². The van der Waals surface area contributed by atoms with E-state index in [0.717, 1.165) is 12.8 Å². The predicted octanol–water partition coefficient (Wildman–Crippen LogP) is 3.81. The number of allylic oxidation sites excluding steroid dienone is 7. The summed E-state index contributed by atoms with van der Waals surface area (Å²) < 4.78 is 0. The molecule has 0 aromatic carbocycles. The quantitative estimate of drug-likeness (QED) is 0.535. The first-order chi connectivity index (χ1) is 5.95. The van der Waals surface area contributed by atoms with Gasteiger partial charge in [0.05, 0.1) is 0 Å². The Kier molecular flexibility index (Phi) is 1.52. The van der Waals surface area contributed by atoms with Gasteiger partial charge in [-0.2, -0.15) is 0 Å². The lowest BCUT2D eigenvalue weighted by molar-refractivity contribution is 1.27. The van der Waals surface area contributed by atoms with Crippen molar-refractivity contribution < 1.29 is 0 Å². The third-order valence-corrected chi connectivity index (χ3v) is 4.96. The van der Waals surface area contributed by atoms with Gasteiger partial charge in [0.15, 0.2) is 0 Å². The summed E-state index contributed by atoms with van der Waals surface area (Å²) in [6.45, 7) is 0. The van der Waals surface area contributed by atoms with Gasteiger partial charge in [-0.15, -0.1) is 0 Å². The molecular weight excluding hydrogens is 184 g/mol. The second-order valence-electron chi connectivity index (χ2n) is 3.06. The Labute approximate surface area is 79.9 Å². The van der Waals surface area contributed by atoms with Crippen LogP contribution in [0.2, 0.25) is 0 Å². The van der Waals surface area contributed by atoms with Gasteiger partial charge in [0.25, 0.3) is 0 Å². The van der Waals surface area contributed by atoms with Crippen LogP contribution < -0.4 is 0 Å². The highest BCUT2D eigenvalue weighted by atomic mass is 33.1. The molecule has 1 heterocycles. The van der Waals surface area contributed by atoms with E-state index in [2.05, 4.69) is 24.3 Å². The molecule has 0 amide bonds. The fourth-order valence-electron chi connectivity index (χ4n) is 1.74. The van der Waals surface area contributed by atoms with Crippen molar-refractivity contribution in [3.05, 3.63) is 45.3 Å². The molecule has 0 fully saturated rings. The van der Waals surface area contributed by atoms with Crippen molar-refractivity contribution in [3.8, 4) is 0 Å². The summed E-state index contributed by atoms with van der Waals surface area (Å²) in [7, 11) is 3.86. The molecule has 0 saturated heterocycles. The molecule has 0 N–H and O–H groups in total. The Balaban J connectivity index is 2.12.